The minimum absolute atomic E-state index is 0.158. The van der Waals surface area contributed by atoms with E-state index in [0.717, 1.165) is 32.1 Å². The highest BCUT2D eigenvalue weighted by Gasteiger charge is 2.31. The number of nitrogens with two attached hydrogens (primary N) is 1. The second-order valence-corrected chi connectivity index (χ2v) is 12.4. The highest BCUT2D eigenvalue weighted by Crippen LogP contribution is 2.43. The molecule has 0 bridgehead atoms. The lowest BCUT2D eigenvalue weighted by molar-refractivity contribution is -0.145. The van der Waals surface area contributed by atoms with Gasteiger partial charge in [0.2, 0.25) is 5.95 Å². The molecule has 1 unspecified atom stereocenters. The summed E-state index contributed by atoms with van der Waals surface area (Å²) < 4.78 is 32.7. The summed E-state index contributed by atoms with van der Waals surface area (Å²) in [4.78, 5) is 25.7. The number of unbranched alkanes of at least 4 members (excludes halogenated alkanes) is 5. The van der Waals surface area contributed by atoms with Gasteiger partial charge < -0.3 is 29.6 Å². The van der Waals surface area contributed by atoms with Gasteiger partial charge in [-0.3, -0.25) is 9.36 Å². The number of anilines is 2. The number of hydrogen-bond acceptors (Lipinski definition) is 10. The molecule has 1 fully saturated rings. The van der Waals surface area contributed by atoms with Crippen LogP contribution in [0.15, 0.2) is 36.7 Å². The summed E-state index contributed by atoms with van der Waals surface area (Å²) in [5.74, 6) is 0.707. The maximum atomic E-state index is 13.8. The van der Waals surface area contributed by atoms with Crippen LogP contribution in [0.1, 0.15) is 65.2 Å². The second-order valence-electron chi connectivity index (χ2n) is 10.4. The summed E-state index contributed by atoms with van der Waals surface area (Å²) in [5.41, 5.74) is 7.16. The highest BCUT2D eigenvalue weighted by atomic mass is 31.2. The first-order valence-electron chi connectivity index (χ1n) is 14.5. The van der Waals surface area contributed by atoms with Crippen molar-refractivity contribution in [2.75, 3.05) is 30.6 Å². The van der Waals surface area contributed by atoms with E-state index in [-0.39, 0.29) is 18.9 Å². The Morgan fingerprint density at radius 1 is 1.12 bits per heavy atom. The van der Waals surface area contributed by atoms with Crippen molar-refractivity contribution in [1.82, 2.24) is 24.6 Å². The maximum Gasteiger partial charge on any atom is 0.342 e. The quantitative estimate of drug-likeness (QED) is 0.0973. The zero-order valence-corrected chi connectivity index (χ0v) is 24.9. The van der Waals surface area contributed by atoms with Crippen molar-refractivity contribution in [3.63, 3.8) is 0 Å². The van der Waals surface area contributed by atoms with Crippen molar-refractivity contribution >= 4 is 36.4 Å². The molecule has 41 heavy (non-hydrogen) atoms. The van der Waals surface area contributed by atoms with E-state index in [1.165, 1.54) is 19.3 Å². The Morgan fingerprint density at radius 3 is 2.63 bits per heavy atom. The lowest BCUT2D eigenvalue weighted by atomic mass is 10.1. The van der Waals surface area contributed by atoms with E-state index in [1.807, 2.05) is 10.6 Å². The number of nitrogens with zero attached hydrogens (tertiary/aromatic N) is 4. The molecule has 0 radical (unpaired) electrons. The van der Waals surface area contributed by atoms with Gasteiger partial charge in [-0.05, 0) is 38.3 Å². The van der Waals surface area contributed by atoms with Gasteiger partial charge in [0.25, 0.3) is 0 Å². The molecule has 224 valence electrons. The van der Waals surface area contributed by atoms with Crippen LogP contribution in [-0.4, -0.2) is 57.1 Å². The van der Waals surface area contributed by atoms with Gasteiger partial charge in [0, 0.05) is 12.6 Å². The summed E-state index contributed by atoms with van der Waals surface area (Å²) in [7, 11) is -3.64. The molecule has 2 heterocycles. The number of fused-ring (bicyclic) bond motifs is 1. The number of benzene rings is 1. The molecule has 0 saturated heterocycles. The normalized spacial score (nSPS) is 15.4. The topological polar surface area (TPSA) is 156 Å². The average molecular weight is 588 g/mol. The smallest absolute Gasteiger partial charge is 0.342 e. The molecule has 1 aromatic carbocycles. The number of imidazole rings is 1. The number of nitrogens with one attached hydrogen (secondary N) is 2. The largest absolute Gasteiger partial charge is 0.465 e. The SMILES string of the molecule is CCCCCCCCOC(=O)[C@H](C)NP(=O)(COCCn1cnc2c(NC3CC3)nc(N)nc21)Oc1ccccc1. The van der Waals surface area contributed by atoms with Crippen LogP contribution in [-0.2, 0) is 25.4 Å². The Labute approximate surface area is 241 Å². The fourth-order valence-corrected chi connectivity index (χ4v) is 5.97. The van der Waals surface area contributed by atoms with Crippen molar-refractivity contribution in [2.24, 2.45) is 0 Å². The van der Waals surface area contributed by atoms with Gasteiger partial charge in [-0.1, -0.05) is 57.2 Å². The lowest BCUT2D eigenvalue weighted by Crippen LogP contribution is -2.35. The van der Waals surface area contributed by atoms with E-state index in [1.54, 1.807) is 37.5 Å². The van der Waals surface area contributed by atoms with Gasteiger partial charge >= 0.3 is 13.5 Å². The van der Waals surface area contributed by atoms with Crippen LogP contribution >= 0.6 is 7.52 Å². The van der Waals surface area contributed by atoms with E-state index in [4.69, 9.17) is 19.7 Å². The minimum atomic E-state index is -3.64. The molecule has 12 nitrogen and oxygen atoms in total. The average Bonchev–Trinajstić information content (AvgIpc) is 3.68. The molecule has 0 aliphatic heterocycles. The van der Waals surface area contributed by atoms with Crippen molar-refractivity contribution in [1.29, 1.82) is 0 Å². The molecular formula is C28H42N7O5P. The maximum absolute atomic E-state index is 13.8. The molecule has 4 rings (SSSR count). The van der Waals surface area contributed by atoms with Gasteiger partial charge in [0.1, 0.15) is 18.1 Å². The Hall–Kier alpha value is -3.21. The molecule has 0 amide bonds. The molecular weight excluding hydrogens is 545 g/mol. The fraction of sp³-hybridized carbons (Fsp3) is 0.571. The van der Waals surface area contributed by atoms with Crippen molar-refractivity contribution in [2.45, 2.75) is 83.8 Å². The Kier molecular flexibility index (Phi) is 11.4. The van der Waals surface area contributed by atoms with Crippen molar-refractivity contribution < 1.29 is 23.4 Å². The predicted molar refractivity (Wildman–Crippen MR) is 159 cm³/mol. The first-order chi connectivity index (χ1) is 19.9. The van der Waals surface area contributed by atoms with Crippen molar-refractivity contribution in [3.8, 4) is 5.75 Å². The van der Waals surface area contributed by atoms with Crippen LogP contribution in [0.3, 0.4) is 0 Å². The molecule has 1 aliphatic carbocycles. The van der Waals surface area contributed by atoms with E-state index in [2.05, 4.69) is 32.3 Å². The first-order valence-corrected chi connectivity index (χ1v) is 16.3. The number of para-hydroxylation sites is 1. The minimum Gasteiger partial charge on any atom is -0.465 e. The Bertz CT molecular complexity index is 1300. The van der Waals surface area contributed by atoms with Gasteiger partial charge in [0.05, 0.1) is 19.5 Å². The Balaban J connectivity index is 1.31. The zero-order chi connectivity index (χ0) is 29.1. The summed E-state index contributed by atoms with van der Waals surface area (Å²) in [6, 6.07) is 8.34. The molecule has 13 heteroatoms. The van der Waals surface area contributed by atoms with Crippen molar-refractivity contribution in [3.05, 3.63) is 36.7 Å². The number of ether oxygens (including phenoxy) is 2. The van der Waals surface area contributed by atoms with E-state index in [0.29, 0.717) is 41.9 Å². The molecule has 0 spiro atoms. The summed E-state index contributed by atoms with van der Waals surface area (Å²) >= 11 is 0. The first kappa shape index (κ1) is 30.7. The summed E-state index contributed by atoms with van der Waals surface area (Å²) in [6.45, 7) is 4.71. The standard InChI is InChI=1S/C28H42N7O5P/c1-3-4-5-6-7-11-17-39-27(36)21(2)34-41(37,40-23-12-9-8-10-13-23)20-38-18-16-35-19-30-24-25(31-22-14-15-22)32-28(29)33-26(24)35/h8-10,12-13,19,21-22H,3-7,11,14-18,20H2,1-2H3,(H,34,37)(H3,29,31,32,33)/t21-,41?/m0/s1. The van der Waals surface area contributed by atoms with Crippen LogP contribution in [0.5, 0.6) is 5.75 Å². The van der Waals surface area contributed by atoms with Crippen LogP contribution in [0.4, 0.5) is 11.8 Å². The third-order valence-electron chi connectivity index (χ3n) is 6.62. The second kappa shape index (κ2) is 15.1. The van der Waals surface area contributed by atoms with E-state index in [9.17, 15) is 9.36 Å². The van der Waals surface area contributed by atoms with E-state index >= 15 is 0 Å². The number of esters is 1. The highest BCUT2D eigenvalue weighted by molar-refractivity contribution is 7.57. The number of hydrogen-bond donors (Lipinski definition) is 3. The van der Waals surface area contributed by atoms with E-state index < -0.39 is 19.5 Å². The van der Waals surface area contributed by atoms with Gasteiger partial charge in [-0.2, -0.15) is 9.97 Å². The molecule has 3 aromatic rings. The van der Waals surface area contributed by atoms with Gasteiger partial charge in [-0.15, -0.1) is 0 Å². The molecule has 4 N–H and O–H groups in total. The fourth-order valence-electron chi connectivity index (χ4n) is 4.26. The number of nitrogen functional groups attached to an aromatic ring is 1. The third-order valence-corrected chi connectivity index (χ3v) is 8.43. The number of carbonyl (C=O) groups is 1. The number of aromatic nitrogens is 4. The molecule has 1 aliphatic rings. The third kappa shape index (κ3) is 9.69. The van der Waals surface area contributed by atoms with Crippen LogP contribution in [0, 0.1) is 0 Å². The monoisotopic (exact) mass is 587 g/mol. The lowest BCUT2D eigenvalue weighted by Gasteiger charge is -2.23. The van der Waals surface area contributed by atoms with Gasteiger partial charge in [0.15, 0.2) is 17.0 Å². The Morgan fingerprint density at radius 2 is 1.88 bits per heavy atom. The van der Waals surface area contributed by atoms with Crippen LogP contribution in [0.25, 0.3) is 11.2 Å². The molecule has 2 aromatic heterocycles. The zero-order valence-electron chi connectivity index (χ0n) is 24.0. The van der Waals surface area contributed by atoms with Crippen LogP contribution < -0.4 is 20.7 Å². The van der Waals surface area contributed by atoms with Gasteiger partial charge in [-0.25, -0.2) is 10.1 Å². The summed E-state index contributed by atoms with van der Waals surface area (Å²) in [5, 5.41) is 6.18. The predicted octanol–water partition coefficient (Wildman–Crippen LogP) is 5.11. The summed E-state index contributed by atoms with van der Waals surface area (Å²) in [6.07, 6.45) is 10.1. The molecule has 2 atom stereocenters. The van der Waals surface area contributed by atoms with Crippen LogP contribution in [0.2, 0.25) is 0 Å². The number of rotatable bonds is 19. The number of carbonyl (C=O) groups excluding carboxylic acids is 1. The molecule has 1 saturated carbocycles.